The smallest absolute Gasteiger partial charge is 0.379 e. The summed E-state index contributed by atoms with van der Waals surface area (Å²) in [5.41, 5.74) is 2.26. The highest BCUT2D eigenvalue weighted by molar-refractivity contribution is 6.04. The number of ether oxygens (including phenoxy) is 1. The number of aromatic nitrogens is 6. The summed E-state index contributed by atoms with van der Waals surface area (Å²) < 4.78 is 46.4. The van der Waals surface area contributed by atoms with Gasteiger partial charge in [-0.2, -0.15) is 18.3 Å². The van der Waals surface area contributed by atoms with Crippen LogP contribution in [0.3, 0.4) is 0 Å². The zero-order chi connectivity index (χ0) is 24.6. The number of alkyl halides is 3. The molecule has 5 rings (SSSR count). The molecule has 1 aliphatic rings. The van der Waals surface area contributed by atoms with E-state index in [1.165, 1.54) is 12.4 Å². The first kappa shape index (κ1) is 22.8. The summed E-state index contributed by atoms with van der Waals surface area (Å²) in [7, 11) is 1.79. The van der Waals surface area contributed by atoms with Gasteiger partial charge in [0, 0.05) is 43.7 Å². The Morgan fingerprint density at radius 1 is 1.26 bits per heavy atom. The van der Waals surface area contributed by atoms with Crippen LogP contribution < -0.4 is 10.6 Å². The summed E-state index contributed by atoms with van der Waals surface area (Å²) in [6.45, 7) is 0.0178. The number of hydrogen-bond acceptors (Lipinski definition) is 7. The van der Waals surface area contributed by atoms with Crippen LogP contribution in [0, 0.1) is 0 Å². The second-order valence-corrected chi connectivity index (χ2v) is 8.13. The number of hydrogen-bond donors (Lipinski definition) is 2. The van der Waals surface area contributed by atoms with E-state index in [9.17, 15) is 18.0 Å². The molecule has 1 aliphatic heterocycles. The molecule has 2 N–H and O–H groups in total. The maximum Gasteiger partial charge on any atom is 0.405 e. The second-order valence-electron chi connectivity index (χ2n) is 8.13. The fraction of sp³-hybridized carbons (Fsp3) is 0.318. The molecule has 1 saturated heterocycles. The number of carbonyl (C=O) groups is 1. The summed E-state index contributed by atoms with van der Waals surface area (Å²) >= 11 is 0. The largest absolute Gasteiger partial charge is 0.405 e. The van der Waals surface area contributed by atoms with Crippen molar-refractivity contribution in [1.82, 2.24) is 29.3 Å². The van der Waals surface area contributed by atoms with Gasteiger partial charge < -0.3 is 19.9 Å². The van der Waals surface area contributed by atoms with E-state index in [1.807, 2.05) is 10.6 Å². The Hall–Kier alpha value is -4.00. The third kappa shape index (κ3) is 4.94. The molecular weight excluding hydrogens is 465 g/mol. The van der Waals surface area contributed by atoms with Crippen molar-refractivity contribution in [3.8, 4) is 11.4 Å². The molecule has 0 bridgehead atoms. The monoisotopic (exact) mass is 486 g/mol. The SMILES string of the molecule is Cn1c(-c2ccnc(NCC(F)(F)F)n2)cc2cnc(NC(=O)c3cnn([C@H]4CCOC4)c3)cc21. The maximum absolute atomic E-state index is 12.7. The number of anilines is 2. The zero-order valence-corrected chi connectivity index (χ0v) is 18.6. The minimum absolute atomic E-state index is 0.124. The molecule has 0 unspecified atom stereocenters. The van der Waals surface area contributed by atoms with E-state index in [2.05, 4.69) is 30.7 Å². The topological polar surface area (TPSA) is 112 Å². The van der Waals surface area contributed by atoms with Crippen molar-refractivity contribution in [2.24, 2.45) is 7.05 Å². The first-order valence-electron chi connectivity index (χ1n) is 10.8. The Balaban J connectivity index is 1.35. The Kier molecular flexibility index (Phi) is 5.84. The number of pyridine rings is 1. The molecule has 0 radical (unpaired) electrons. The van der Waals surface area contributed by atoms with E-state index in [4.69, 9.17) is 4.74 Å². The molecule has 0 saturated carbocycles. The predicted octanol–water partition coefficient (Wildman–Crippen LogP) is 3.41. The number of carbonyl (C=O) groups excluding carboxylic acids is 1. The summed E-state index contributed by atoms with van der Waals surface area (Å²) in [5.74, 6) is -0.115. The molecule has 1 atom stereocenters. The van der Waals surface area contributed by atoms with Gasteiger partial charge in [0.1, 0.15) is 12.4 Å². The highest BCUT2D eigenvalue weighted by Crippen LogP contribution is 2.28. The number of nitrogens with zero attached hydrogens (tertiary/aromatic N) is 6. The molecule has 10 nitrogen and oxygen atoms in total. The van der Waals surface area contributed by atoms with Crippen molar-refractivity contribution in [3.63, 3.8) is 0 Å². The van der Waals surface area contributed by atoms with Crippen LogP contribution in [-0.2, 0) is 11.8 Å². The van der Waals surface area contributed by atoms with Gasteiger partial charge in [0.05, 0.1) is 41.3 Å². The van der Waals surface area contributed by atoms with Gasteiger partial charge in [-0.3, -0.25) is 9.48 Å². The summed E-state index contributed by atoms with van der Waals surface area (Å²) in [4.78, 5) is 25.1. The third-order valence-corrected chi connectivity index (χ3v) is 5.68. The van der Waals surface area contributed by atoms with E-state index in [1.54, 1.807) is 36.3 Å². The number of nitrogens with one attached hydrogen (secondary N) is 2. The van der Waals surface area contributed by atoms with Crippen LogP contribution in [0.1, 0.15) is 22.8 Å². The minimum atomic E-state index is -4.38. The molecule has 0 aromatic carbocycles. The lowest BCUT2D eigenvalue weighted by Gasteiger charge is -2.09. The lowest BCUT2D eigenvalue weighted by molar-refractivity contribution is -0.115. The second kappa shape index (κ2) is 8.98. The molecule has 4 aromatic heterocycles. The van der Waals surface area contributed by atoms with E-state index in [0.717, 1.165) is 17.3 Å². The van der Waals surface area contributed by atoms with Crippen LogP contribution in [0.25, 0.3) is 22.3 Å². The highest BCUT2D eigenvalue weighted by Gasteiger charge is 2.27. The summed E-state index contributed by atoms with van der Waals surface area (Å²) in [6.07, 6.45) is 2.66. The molecule has 0 aliphatic carbocycles. The van der Waals surface area contributed by atoms with Gasteiger partial charge >= 0.3 is 6.18 Å². The van der Waals surface area contributed by atoms with Crippen LogP contribution in [0.5, 0.6) is 0 Å². The fourth-order valence-corrected chi connectivity index (χ4v) is 3.89. The van der Waals surface area contributed by atoms with E-state index in [-0.39, 0.29) is 17.9 Å². The Bertz CT molecular complexity index is 1370. The molecular formula is C22H21F3N8O2. The van der Waals surface area contributed by atoms with E-state index in [0.29, 0.717) is 36.0 Å². The van der Waals surface area contributed by atoms with E-state index >= 15 is 0 Å². The van der Waals surface area contributed by atoms with Crippen molar-refractivity contribution in [2.75, 3.05) is 30.4 Å². The van der Waals surface area contributed by atoms with Crippen molar-refractivity contribution >= 4 is 28.6 Å². The van der Waals surface area contributed by atoms with Gasteiger partial charge in [-0.15, -0.1) is 0 Å². The molecule has 4 aromatic rings. The third-order valence-electron chi connectivity index (χ3n) is 5.68. The number of rotatable bonds is 6. The molecule has 13 heteroatoms. The number of fused-ring (bicyclic) bond motifs is 1. The molecule has 1 amide bonds. The van der Waals surface area contributed by atoms with Crippen LogP contribution in [0.2, 0.25) is 0 Å². The van der Waals surface area contributed by atoms with Crippen molar-refractivity contribution in [3.05, 3.63) is 48.5 Å². The first-order valence-corrected chi connectivity index (χ1v) is 10.8. The maximum atomic E-state index is 12.7. The number of amides is 1. The average molecular weight is 486 g/mol. The van der Waals surface area contributed by atoms with Crippen LogP contribution in [0.15, 0.2) is 43.0 Å². The first-order chi connectivity index (χ1) is 16.8. The van der Waals surface area contributed by atoms with Gasteiger partial charge in [0.15, 0.2) is 0 Å². The number of halogens is 3. The quantitative estimate of drug-likeness (QED) is 0.430. The molecule has 182 valence electrons. The van der Waals surface area contributed by atoms with Crippen LogP contribution in [0.4, 0.5) is 24.9 Å². The fourth-order valence-electron chi connectivity index (χ4n) is 3.89. The van der Waals surface area contributed by atoms with Gasteiger partial charge in [0.2, 0.25) is 5.95 Å². The van der Waals surface area contributed by atoms with Gasteiger partial charge in [-0.25, -0.2) is 15.0 Å². The summed E-state index contributed by atoms with van der Waals surface area (Å²) in [5, 5.41) is 10.0. The standard InChI is InChI=1S/C22H21F3N8O2/c1-32-17-7-19(31-20(34)14-9-29-33(10-14)15-3-5-35-11-15)27-8-13(17)6-18(32)16-2-4-26-21(30-16)28-12-22(23,24)25/h2,4,6-10,15H,3,5,11-12H2,1H3,(H,26,28,30)(H,27,31,34)/t15-/m0/s1. The zero-order valence-electron chi connectivity index (χ0n) is 18.6. The molecule has 1 fully saturated rings. The van der Waals surface area contributed by atoms with Gasteiger partial charge in [0.25, 0.3) is 5.91 Å². The Labute approximate surface area is 197 Å². The van der Waals surface area contributed by atoms with Crippen LogP contribution >= 0.6 is 0 Å². The number of aryl methyl sites for hydroxylation is 1. The average Bonchev–Trinajstić information content (AvgIpc) is 3.58. The van der Waals surface area contributed by atoms with Crippen molar-refractivity contribution < 1.29 is 22.7 Å². The Morgan fingerprint density at radius 2 is 2.11 bits per heavy atom. The lowest BCUT2D eigenvalue weighted by Crippen LogP contribution is -2.22. The van der Waals surface area contributed by atoms with Crippen molar-refractivity contribution in [1.29, 1.82) is 0 Å². The normalized spacial score (nSPS) is 16.1. The van der Waals surface area contributed by atoms with Gasteiger partial charge in [-0.1, -0.05) is 0 Å². The molecule has 35 heavy (non-hydrogen) atoms. The summed E-state index contributed by atoms with van der Waals surface area (Å²) in [6, 6.07) is 5.27. The van der Waals surface area contributed by atoms with Gasteiger partial charge in [-0.05, 0) is 18.6 Å². The molecule has 0 spiro atoms. The minimum Gasteiger partial charge on any atom is -0.379 e. The predicted molar refractivity (Wildman–Crippen MR) is 121 cm³/mol. The molecule has 5 heterocycles. The highest BCUT2D eigenvalue weighted by atomic mass is 19.4. The van der Waals surface area contributed by atoms with Crippen molar-refractivity contribution in [2.45, 2.75) is 18.6 Å². The van der Waals surface area contributed by atoms with E-state index < -0.39 is 12.7 Å². The van der Waals surface area contributed by atoms with Crippen LogP contribution in [-0.4, -0.2) is 61.1 Å². The lowest BCUT2D eigenvalue weighted by atomic mass is 10.2. The Morgan fingerprint density at radius 3 is 2.89 bits per heavy atom.